The fourth-order valence-corrected chi connectivity index (χ4v) is 2.14. The minimum Gasteiger partial charge on any atom is -0.478 e. The lowest BCUT2D eigenvalue weighted by Crippen LogP contribution is -2.08. The molecular formula is C18H10O8. The van der Waals surface area contributed by atoms with Crippen LogP contribution in [-0.4, -0.2) is 44.3 Å². The van der Waals surface area contributed by atoms with Crippen molar-refractivity contribution in [3.05, 3.63) is 69.8 Å². The number of carboxylic acids is 4. The molecular weight excluding hydrogens is 344 g/mol. The maximum absolute atomic E-state index is 11.3. The van der Waals surface area contributed by atoms with Crippen LogP contribution >= 0.6 is 0 Å². The number of rotatable bonds is 4. The van der Waals surface area contributed by atoms with Crippen LogP contribution in [0.5, 0.6) is 0 Å². The van der Waals surface area contributed by atoms with Gasteiger partial charge in [0.1, 0.15) is 0 Å². The van der Waals surface area contributed by atoms with Crippen LogP contribution in [0.2, 0.25) is 0 Å². The number of carbonyl (C=O) groups is 4. The highest BCUT2D eigenvalue weighted by Crippen LogP contribution is 2.16. The van der Waals surface area contributed by atoms with Gasteiger partial charge in [-0.1, -0.05) is 17.9 Å². The SMILES string of the molecule is O=C(O)c1ccc(C#Cc2c(C(=O)O)cccc2C(=O)O)c(C(=O)O)c1. The standard InChI is InChI=1S/C18H10O8/c19-15(20)10-5-4-9(14(8-10)18(25)26)6-7-11-12(16(21)22)2-1-3-13(11)17(23)24/h1-5,8H,(H,19,20)(H,21,22)(H,23,24)(H,25,26). The summed E-state index contributed by atoms with van der Waals surface area (Å²) in [6, 6.07) is 6.80. The predicted molar refractivity (Wildman–Crippen MR) is 86.7 cm³/mol. The van der Waals surface area contributed by atoms with Gasteiger partial charge >= 0.3 is 23.9 Å². The van der Waals surface area contributed by atoms with Gasteiger partial charge in [0.05, 0.1) is 27.8 Å². The minimum atomic E-state index is -1.43. The first-order chi connectivity index (χ1) is 12.2. The Balaban J connectivity index is 2.67. The van der Waals surface area contributed by atoms with Crippen LogP contribution < -0.4 is 0 Å². The third kappa shape index (κ3) is 3.68. The predicted octanol–water partition coefficient (Wildman–Crippen LogP) is 1.88. The van der Waals surface area contributed by atoms with Gasteiger partial charge in [-0.3, -0.25) is 0 Å². The fraction of sp³-hybridized carbons (Fsp3) is 0. The van der Waals surface area contributed by atoms with Gasteiger partial charge in [-0.25, -0.2) is 19.2 Å². The van der Waals surface area contributed by atoms with E-state index in [4.69, 9.17) is 5.11 Å². The molecule has 0 aliphatic heterocycles. The summed E-state index contributed by atoms with van der Waals surface area (Å²) in [5.41, 5.74) is -1.73. The van der Waals surface area contributed by atoms with E-state index in [-0.39, 0.29) is 27.8 Å². The van der Waals surface area contributed by atoms with Crippen LogP contribution in [0.4, 0.5) is 0 Å². The molecule has 2 aromatic carbocycles. The summed E-state index contributed by atoms with van der Waals surface area (Å²) in [6.07, 6.45) is 0. The first kappa shape index (κ1) is 18.2. The van der Waals surface area contributed by atoms with Crippen LogP contribution in [0, 0.1) is 11.8 Å². The van der Waals surface area contributed by atoms with Crippen LogP contribution in [-0.2, 0) is 0 Å². The average molecular weight is 354 g/mol. The molecule has 0 bridgehead atoms. The first-order valence-corrected chi connectivity index (χ1v) is 6.94. The number of hydrogen-bond donors (Lipinski definition) is 4. The molecule has 2 rings (SSSR count). The second kappa shape index (κ2) is 7.19. The second-order valence-electron chi connectivity index (χ2n) is 4.96. The van der Waals surface area contributed by atoms with Crippen LogP contribution in [0.15, 0.2) is 36.4 Å². The van der Waals surface area contributed by atoms with Crippen molar-refractivity contribution in [3.8, 4) is 11.8 Å². The van der Waals surface area contributed by atoms with Crippen molar-refractivity contribution in [3.63, 3.8) is 0 Å². The third-order valence-electron chi connectivity index (χ3n) is 3.34. The van der Waals surface area contributed by atoms with Crippen molar-refractivity contribution >= 4 is 23.9 Å². The van der Waals surface area contributed by atoms with E-state index >= 15 is 0 Å². The molecule has 8 heteroatoms. The lowest BCUT2D eigenvalue weighted by molar-refractivity contribution is 0.0675. The molecule has 0 aliphatic rings. The lowest BCUT2D eigenvalue weighted by atomic mass is 9.99. The van der Waals surface area contributed by atoms with Crippen molar-refractivity contribution in [1.82, 2.24) is 0 Å². The van der Waals surface area contributed by atoms with E-state index < -0.39 is 29.4 Å². The van der Waals surface area contributed by atoms with Gasteiger partial charge in [-0.15, -0.1) is 0 Å². The molecule has 0 aromatic heterocycles. The molecule has 0 spiro atoms. The molecule has 0 atom stereocenters. The Labute approximate surface area is 146 Å². The third-order valence-corrected chi connectivity index (χ3v) is 3.34. The Morgan fingerprint density at radius 2 is 1.19 bits per heavy atom. The fourth-order valence-electron chi connectivity index (χ4n) is 2.14. The molecule has 2 aromatic rings. The smallest absolute Gasteiger partial charge is 0.336 e. The van der Waals surface area contributed by atoms with E-state index in [1.54, 1.807) is 0 Å². The summed E-state index contributed by atoms with van der Waals surface area (Å²) in [4.78, 5) is 44.8. The van der Waals surface area contributed by atoms with Crippen LogP contribution in [0.1, 0.15) is 52.6 Å². The Morgan fingerprint density at radius 1 is 0.654 bits per heavy atom. The Bertz CT molecular complexity index is 975. The summed E-state index contributed by atoms with van der Waals surface area (Å²) >= 11 is 0. The quantitative estimate of drug-likeness (QED) is 0.608. The van der Waals surface area contributed by atoms with Gasteiger partial charge in [0, 0.05) is 5.56 Å². The molecule has 0 heterocycles. The summed E-state index contributed by atoms with van der Waals surface area (Å²) in [6.45, 7) is 0. The van der Waals surface area contributed by atoms with Crippen molar-refractivity contribution in [2.75, 3.05) is 0 Å². The van der Waals surface area contributed by atoms with Crippen LogP contribution in [0.25, 0.3) is 0 Å². The summed E-state index contributed by atoms with van der Waals surface area (Å²) in [5.74, 6) is -0.735. The summed E-state index contributed by atoms with van der Waals surface area (Å²) < 4.78 is 0. The molecule has 0 aliphatic carbocycles. The lowest BCUT2D eigenvalue weighted by Gasteiger charge is -2.04. The molecule has 0 fully saturated rings. The Kier molecular flexibility index (Phi) is 5.04. The average Bonchev–Trinajstić information content (AvgIpc) is 2.58. The van der Waals surface area contributed by atoms with E-state index in [0.717, 1.165) is 18.2 Å². The van der Waals surface area contributed by atoms with E-state index in [2.05, 4.69) is 11.8 Å². The normalized spacial score (nSPS) is 9.69. The molecule has 26 heavy (non-hydrogen) atoms. The van der Waals surface area contributed by atoms with Crippen molar-refractivity contribution in [2.24, 2.45) is 0 Å². The minimum absolute atomic E-state index is 0.0842. The maximum Gasteiger partial charge on any atom is 0.336 e. The van der Waals surface area contributed by atoms with Crippen molar-refractivity contribution in [2.45, 2.75) is 0 Å². The molecule has 4 N–H and O–H groups in total. The maximum atomic E-state index is 11.3. The molecule has 0 radical (unpaired) electrons. The van der Waals surface area contributed by atoms with E-state index in [9.17, 15) is 34.5 Å². The van der Waals surface area contributed by atoms with Gasteiger partial charge in [0.25, 0.3) is 0 Å². The monoisotopic (exact) mass is 354 g/mol. The summed E-state index contributed by atoms with van der Waals surface area (Å²) in [5, 5.41) is 36.5. The number of hydrogen-bond acceptors (Lipinski definition) is 4. The molecule has 130 valence electrons. The number of carboxylic acid groups (broad SMARTS) is 4. The van der Waals surface area contributed by atoms with Gasteiger partial charge in [-0.05, 0) is 30.3 Å². The topological polar surface area (TPSA) is 149 Å². The van der Waals surface area contributed by atoms with E-state index in [0.29, 0.717) is 0 Å². The zero-order chi connectivity index (χ0) is 19.4. The largest absolute Gasteiger partial charge is 0.478 e. The highest BCUT2D eigenvalue weighted by molar-refractivity contribution is 5.99. The van der Waals surface area contributed by atoms with Crippen LogP contribution in [0.3, 0.4) is 0 Å². The van der Waals surface area contributed by atoms with Crippen molar-refractivity contribution in [1.29, 1.82) is 0 Å². The highest BCUT2D eigenvalue weighted by atomic mass is 16.4. The Hall–Kier alpha value is -4.12. The molecule has 8 nitrogen and oxygen atoms in total. The number of aromatic carboxylic acids is 4. The zero-order valence-corrected chi connectivity index (χ0v) is 12.9. The van der Waals surface area contributed by atoms with Gasteiger partial charge in [-0.2, -0.15) is 0 Å². The molecule has 0 saturated carbocycles. The molecule has 0 saturated heterocycles. The zero-order valence-electron chi connectivity index (χ0n) is 12.9. The Morgan fingerprint density at radius 3 is 1.65 bits per heavy atom. The second-order valence-corrected chi connectivity index (χ2v) is 4.96. The van der Waals surface area contributed by atoms with Crippen molar-refractivity contribution < 1.29 is 39.6 Å². The van der Waals surface area contributed by atoms with E-state index in [1.807, 2.05) is 0 Å². The molecule has 0 unspecified atom stereocenters. The van der Waals surface area contributed by atoms with Gasteiger partial charge in [0.2, 0.25) is 0 Å². The number of benzene rings is 2. The highest BCUT2D eigenvalue weighted by Gasteiger charge is 2.17. The first-order valence-electron chi connectivity index (χ1n) is 6.94. The van der Waals surface area contributed by atoms with Gasteiger partial charge in [0.15, 0.2) is 0 Å². The summed E-state index contributed by atoms with van der Waals surface area (Å²) in [7, 11) is 0. The van der Waals surface area contributed by atoms with E-state index in [1.165, 1.54) is 18.2 Å². The molecule has 0 amide bonds. The van der Waals surface area contributed by atoms with Gasteiger partial charge < -0.3 is 20.4 Å².